The summed E-state index contributed by atoms with van der Waals surface area (Å²) in [6.07, 6.45) is 3.04. The summed E-state index contributed by atoms with van der Waals surface area (Å²) >= 11 is 1.57. The highest BCUT2D eigenvalue weighted by Crippen LogP contribution is 2.13. The Morgan fingerprint density at radius 3 is 2.88 bits per heavy atom. The van der Waals surface area contributed by atoms with E-state index in [2.05, 4.69) is 5.32 Å². The Kier molecular flexibility index (Phi) is 5.62. The predicted octanol–water partition coefficient (Wildman–Crippen LogP) is 0.345. The van der Waals surface area contributed by atoms with Crippen LogP contribution in [0.15, 0.2) is 0 Å². The lowest BCUT2D eigenvalue weighted by Gasteiger charge is -2.16. The van der Waals surface area contributed by atoms with Gasteiger partial charge in [0.25, 0.3) is 0 Å². The van der Waals surface area contributed by atoms with Crippen molar-refractivity contribution in [3.63, 3.8) is 0 Å². The van der Waals surface area contributed by atoms with Crippen molar-refractivity contribution in [3.05, 3.63) is 0 Å². The molecule has 0 saturated carbocycles. The first-order chi connectivity index (χ1) is 7.65. The number of ether oxygens (including phenoxy) is 1. The van der Waals surface area contributed by atoms with Crippen molar-refractivity contribution < 1.29 is 19.4 Å². The van der Waals surface area contributed by atoms with Crippen LogP contribution in [0.25, 0.3) is 0 Å². The van der Waals surface area contributed by atoms with Gasteiger partial charge in [-0.15, -0.1) is 0 Å². The second kappa shape index (κ2) is 6.75. The van der Waals surface area contributed by atoms with E-state index in [1.165, 1.54) is 0 Å². The molecule has 1 saturated heterocycles. The van der Waals surface area contributed by atoms with E-state index >= 15 is 0 Å². The number of carboxylic acid groups (broad SMARTS) is 1. The number of thioether (sulfide) groups is 1. The molecule has 2 atom stereocenters. The maximum Gasteiger partial charge on any atom is 0.326 e. The first kappa shape index (κ1) is 13.3. The standard InChI is InChI=1S/C10H17NO4S/c1-16-5-3-8(10(13)14)11-9(12)7-2-4-15-6-7/h7-8H,2-6H2,1H3,(H,11,12)(H,13,14)/t7?,8-/m0/s1. The molecule has 1 rings (SSSR count). The molecule has 1 aliphatic rings. The summed E-state index contributed by atoms with van der Waals surface area (Å²) < 4.78 is 5.09. The number of carboxylic acids is 1. The second-order valence-corrected chi connectivity index (χ2v) is 4.73. The fourth-order valence-electron chi connectivity index (χ4n) is 1.52. The lowest BCUT2D eigenvalue weighted by Crippen LogP contribution is -2.44. The summed E-state index contributed by atoms with van der Waals surface area (Å²) in [5.74, 6) is -0.637. The summed E-state index contributed by atoms with van der Waals surface area (Å²) in [5.41, 5.74) is 0. The van der Waals surface area contributed by atoms with Crippen LogP contribution >= 0.6 is 11.8 Å². The maximum atomic E-state index is 11.7. The highest BCUT2D eigenvalue weighted by atomic mass is 32.2. The molecule has 0 radical (unpaired) electrons. The Morgan fingerprint density at radius 2 is 2.38 bits per heavy atom. The highest BCUT2D eigenvalue weighted by molar-refractivity contribution is 7.98. The van der Waals surface area contributed by atoms with E-state index in [-0.39, 0.29) is 11.8 Å². The Balaban J connectivity index is 2.40. The zero-order chi connectivity index (χ0) is 12.0. The third-order valence-corrected chi connectivity index (χ3v) is 3.17. The van der Waals surface area contributed by atoms with E-state index in [0.717, 1.165) is 5.75 Å². The molecule has 5 nitrogen and oxygen atoms in total. The molecule has 0 aromatic rings. The van der Waals surface area contributed by atoms with Gasteiger partial charge in [-0.3, -0.25) is 4.79 Å². The Labute approximate surface area is 98.9 Å². The first-order valence-electron chi connectivity index (χ1n) is 5.25. The topological polar surface area (TPSA) is 75.6 Å². The normalized spacial score (nSPS) is 21.7. The molecule has 6 heteroatoms. The van der Waals surface area contributed by atoms with Crippen LogP contribution in [-0.2, 0) is 14.3 Å². The second-order valence-electron chi connectivity index (χ2n) is 3.74. The largest absolute Gasteiger partial charge is 0.480 e. The van der Waals surface area contributed by atoms with Crippen LogP contribution < -0.4 is 5.32 Å². The third-order valence-electron chi connectivity index (χ3n) is 2.53. The Bertz CT molecular complexity index is 253. The van der Waals surface area contributed by atoms with Gasteiger partial charge < -0.3 is 15.2 Å². The van der Waals surface area contributed by atoms with Gasteiger partial charge in [-0.1, -0.05) is 0 Å². The molecule has 1 heterocycles. The van der Waals surface area contributed by atoms with E-state index in [0.29, 0.717) is 26.1 Å². The van der Waals surface area contributed by atoms with Gasteiger partial charge in [0, 0.05) is 6.61 Å². The van der Waals surface area contributed by atoms with Crippen LogP contribution in [0.3, 0.4) is 0 Å². The summed E-state index contributed by atoms with van der Waals surface area (Å²) in [7, 11) is 0. The molecule has 1 aliphatic heterocycles. The molecular weight excluding hydrogens is 230 g/mol. The van der Waals surface area contributed by atoms with Crippen LogP contribution in [0.1, 0.15) is 12.8 Å². The van der Waals surface area contributed by atoms with E-state index < -0.39 is 12.0 Å². The molecule has 2 N–H and O–H groups in total. The van der Waals surface area contributed by atoms with E-state index in [4.69, 9.17) is 9.84 Å². The lowest BCUT2D eigenvalue weighted by atomic mass is 10.1. The number of aliphatic carboxylic acids is 1. The Morgan fingerprint density at radius 1 is 1.62 bits per heavy atom. The molecule has 1 unspecified atom stereocenters. The molecule has 0 aromatic carbocycles. The summed E-state index contributed by atoms with van der Waals surface area (Å²) in [5, 5.41) is 11.5. The van der Waals surface area contributed by atoms with Crippen LogP contribution in [-0.4, -0.2) is 48.2 Å². The van der Waals surface area contributed by atoms with Gasteiger partial charge in [-0.25, -0.2) is 4.79 Å². The van der Waals surface area contributed by atoms with Crippen LogP contribution in [0.5, 0.6) is 0 Å². The summed E-state index contributed by atoms with van der Waals surface area (Å²) in [6, 6.07) is -0.777. The number of carbonyl (C=O) groups excluding carboxylic acids is 1. The molecule has 0 aliphatic carbocycles. The van der Waals surface area contributed by atoms with Crippen molar-refractivity contribution in [3.8, 4) is 0 Å². The molecular formula is C10H17NO4S. The molecule has 0 spiro atoms. The smallest absolute Gasteiger partial charge is 0.326 e. The summed E-state index contributed by atoms with van der Waals surface area (Å²) in [6.45, 7) is 0.987. The van der Waals surface area contributed by atoms with Crippen LogP contribution in [0.4, 0.5) is 0 Å². The highest BCUT2D eigenvalue weighted by Gasteiger charge is 2.27. The first-order valence-corrected chi connectivity index (χ1v) is 6.64. The zero-order valence-corrected chi connectivity index (χ0v) is 10.1. The van der Waals surface area contributed by atoms with Gasteiger partial charge in [0.1, 0.15) is 6.04 Å². The number of hydrogen-bond donors (Lipinski definition) is 2. The number of rotatable bonds is 6. The molecule has 16 heavy (non-hydrogen) atoms. The van der Waals surface area contributed by atoms with Gasteiger partial charge in [0.15, 0.2) is 0 Å². The van der Waals surface area contributed by atoms with Gasteiger partial charge in [-0.05, 0) is 24.9 Å². The quantitative estimate of drug-likeness (QED) is 0.708. The van der Waals surface area contributed by atoms with E-state index in [1.54, 1.807) is 11.8 Å². The molecule has 1 amide bonds. The molecule has 0 bridgehead atoms. The van der Waals surface area contributed by atoms with Gasteiger partial charge in [0.2, 0.25) is 5.91 Å². The van der Waals surface area contributed by atoms with Gasteiger partial charge >= 0.3 is 5.97 Å². The Hall–Kier alpha value is -0.750. The van der Waals surface area contributed by atoms with Crippen molar-refractivity contribution >= 4 is 23.6 Å². The average Bonchev–Trinajstić information content (AvgIpc) is 2.76. The van der Waals surface area contributed by atoms with Gasteiger partial charge in [0.05, 0.1) is 12.5 Å². The zero-order valence-electron chi connectivity index (χ0n) is 9.27. The van der Waals surface area contributed by atoms with Crippen molar-refractivity contribution in [1.29, 1.82) is 0 Å². The summed E-state index contributed by atoms with van der Waals surface area (Å²) in [4.78, 5) is 22.6. The van der Waals surface area contributed by atoms with Crippen molar-refractivity contribution in [2.45, 2.75) is 18.9 Å². The molecule has 1 fully saturated rings. The minimum absolute atomic E-state index is 0.184. The van der Waals surface area contributed by atoms with E-state index in [1.807, 2.05) is 6.26 Å². The fraction of sp³-hybridized carbons (Fsp3) is 0.800. The van der Waals surface area contributed by atoms with Crippen LogP contribution in [0.2, 0.25) is 0 Å². The van der Waals surface area contributed by atoms with Gasteiger partial charge in [-0.2, -0.15) is 11.8 Å². The molecule has 92 valence electrons. The SMILES string of the molecule is CSCC[C@H](NC(=O)C1CCOC1)C(=O)O. The number of carbonyl (C=O) groups is 2. The minimum atomic E-state index is -0.971. The monoisotopic (exact) mass is 247 g/mol. The number of amides is 1. The fourth-order valence-corrected chi connectivity index (χ4v) is 2.00. The number of nitrogens with one attached hydrogen (secondary N) is 1. The minimum Gasteiger partial charge on any atom is -0.480 e. The average molecular weight is 247 g/mol. The lowest BCUT2D eigenvalue weighted by molar-refractivity contribution is -0.142. The van der Waals surface area contributed by atoms with Crippen molar-refractivity contribution in [1.82, 2.24) is 5.32 Å². The van der Waals surface area contributed by atoms with E-state index in [9.17, 15) is 9.59 Å². The van der Waals surface area contributed by atoms with Crippen molar-refractivity contribution in [2.24, 2.45) is 5.92 Å². The predicted molar refractivity (Wildman–Crippen MR) is 61.5 cm³/mol. The number of hydrogen-bond acceptors (Lipinski definition) is 4. The third kappa shape index (κ3) is 4.02. The van der Waals surface area contributed by atoms with Crippen LogP contribution in [0, 0.1) is 5.92 Å². The molecule has 0 aromatic heterocycles. The van der Waals surface area contributed by atoms with Crippen molar-refractivity contribution in [2.75, 3.05) is 25.2 Å². The maximum absolute atomic E-state index is 11.7.